The van der Waals surface area contributed by atoms with Crippen LogP contribution in [0, 0.1) is 6.92 Å². The first-order chi connectivity index (χ1) is 9.29. The van der Waals surface area contributed by atoms with Crippen molar-refractivity contribution in [3.05, 3.63) is 54.1 Å². The molecule has 0 saturated heterocycles. The van der Waals surface area contributed by atoms with Crippen molar-refractivity contribution < 1.29 is 4.74 Å². The van der Waals surface area contributed by atoms with Crippen LogP contribution in [-0.4, -0.2) is 19.4 Å². The molecule has 0 atom stereocenters. The highest BCUT2D eigenvalue weighted by Gasteiger charge is 1.97. The van der Waals surface area contributed by atoms with Crippen molar-refractivity contribution in [2.24, 2.45) is 0 Å². The van der Waals surface area contributed by atoms with Crippen molar-refractivity contribution in [2.45, 2.75) is 11.8 Å². The van der Waals surface area contributed by atoms with Crippen molar-refractivity contribution in [3.8, 4) is 5.75 Å². The number of rotatable bonds is 6. The van der Waals surface area contributed by atoms with E-state index in [0.29, 0.717) is 6.61 Å². The van der Waals surface area contributed by atoms with Crippen molar-refractivity contribution in [2.75, 3.05) is 24.7 Å². The quantitative estimate of drug-likeness (QED) is 0.629. The van der Waals surface area contributed by atoms with Crippen LogP contribution in [0.3, 0.4) is 0 Å². The third-order valence-corrected chi connectivity index (χ3v) is 3.63. The Morgan fingerprint density at radius 2 is 1.79 bits per heavy atom. The average Bonchev–Trinajstić information content (AvgIpc) is 2.46. The van der Waals surface area contributed by atoms with E-state index in [4.69, 9.17) is 4.74 Å². The molecule has 2 nitrogen and oxygen atoms in total. The van der Waals surface area contributed by atoms with Gasteiger partial charge in [-0.2, -0.15) is 0 Å². The minimum absolute atomic E-state index is 0.660. The molecule has 3 heteroatoms. The van der Waals surface area contributed by atoms with Gasteiger partial charge in [-0.25, -0.2) is 0 Å². The van der Waals surface area contributed by atoms with Crippen LogP contribution in [0.25, 0.3) is 0 Å². The fraction of sp³-hybridized carbons (Fsp3) is 0.250. The Bertz CT molecular complexity index is 510. The fourth-order valence-electron chi connectivity index (χ4n) is 1.80. The van der Waals surface area contributed by atoms with Crippen molar-refractivity contribution in [3.63, 3.8) is 0 Å². The number of thioether (sulfide) groups is 1. The molecule has 0 aliphatic rings. The second-order valence-electron chi connectivity index (χ2n) is 4.27. The summed E-state index contributed by atoms with van der Waals surface area (Å²) >= 11 is 1.74. The highest BCUT2D eigenvalue weighted by atomic mass is 32.2. The number of nitrogens with one attached hydrogen (secondary N) is 1. The van der Waals surface area contributed by atoms with E-state index in [-0.39, 0.29) is 0 Å². The van der Waals surface area contributed by atoms with Crippen LogP contribution in [0.2, 0.25) is 0 Å². The normalized spacial score (nSPS) is 10.2. The van der Waals surface area contributed by atoms with Gasteiger partial charge in [0.05, 0.1) is 0 Å². The third kappa shape index (κ3) is 4.21. The van der Waals surface area contributed by atoms with E-state index in [1.165, 1.54) is 16.1 Å². The second kappa shape index (κ2) is 7.10. The fourth-order valence-corrected chi connectivity index (χ4v) is 2.21. The van der Waals surface area contributed by atoms with Crippen LogP contribution in [-0.2, 0) is 0 Å². The predicted molar refractivity (Wildman–Crippen MR) is 83.4 cm³/mol. The van der Waals surface area contributed by atoms with Gasteiger partial charge in [0.15, 0.2) is 0 Å². The smallest absolute Gasteiger partial charge is 0.119 e. The standard InChI is InChI=1S/C16H19NOS/c1-13-5-3-4-6-16(13)17-11-12-18-14-7-9-15(19-2)10-8-14/h3-10,17H,11-12H2,1-2H3. The Hall–Kier alpha value is -1.61. The van der Waals surface area contributed by atoms with E-state index >= 15 is 0 Å². The zero-order chi connectivity index (χ0) is 13.5. The summed E-state index contributed by atoms with van der Waals surface area (Å²) in [7, 11) is 0. The van der Waals surface area contributed by atoms with Gasteiger partial charge in [-0.05, 0) is 49.1 Å². The van der Waals surface area contributed by atoms with Crippen molar-refractivity contribution in [1.82, 2.24) is 0 Å². The third-order valence-electron chi connectivity index (χ3n) is 2.89. The SMILES string of the molecule is CSc1ccc(OCCNc2ccccc2C)cc1. The van der Waals surface area contributed by atoms with Gasteiger partial charge >= 0.3 is 0 Å². The Labute approximate surface area is 119 Å². The number of anilines is 1. The average molecular weight is 273 g/mol. The number of ether oxygens (including phenoxy) is 1. The second-order valence-corrected chi connectivity index (χ2v) is 5.15. The first-order valence-electron chi connectivity index (χ1n) is 6.36. The van der Waals surface area contributed by atoms with Crippen molar-refractivity contribution in [1.29, 1.82) is 0 Å². The zero-order valence-electron chi connectivity index (χ0n) is 11.3. The first kappa shape index (κ1) is 13.8. The lowest BCUT2D eigenvalue weighted by atomic mass is 10.2. The Morgan fingerprint density at radius 1 is 1.05 bits per heavy atom. The maximum absolute atomic E-state index is 5.70. The van der Waals surface area contributed by atoms with Gasteiger partial charge in [-0.15, -0.1) is 11.8 Å². The van der Waals surface area contributed by atoms with Gasteiger partial charge in [0.2, 0.25) is 0 Å². The van der Waals surface area contributed by atoms with Gasteiger partial charge in [-0.1, -0.05) is 18.2 Å². The van der Waals surface area contributed by atoms with Crippen LogP contribution in [0.1, 0.15) is 5.56 Å². The van der Waals surface area contributed by atoms with E-state index in [1.54, 1.807) is 11.8 Å². The number of hydrogen-bond acceptors (Lipinski definition) is 3. The Kier molecular flexibility index (Phi) is 5.16. The molecular weight excluding hydrogens is 254 g/mol. The molecule has 0 heterocycles. The summed E-state index contributed by atoms with van der Waals surface area (Å²) in [4.78, 5) is 1.25. The van der Waals surface area contributed by atoms with Gasteiger partial charge in [0.1, 0.15) is 12.4 Å². The summed E-state index contributed by atoms with van der Waals surface area (Å²) in [6, 6.07) is 16.5. The Balaban J connectivity index is 1.76. The molecule has 0 radical (unpaired) electrons. The molecular formula is C16H19NOS. The molecule has 2 aromatic carbocycles. The minimum atomic E-state index is 0.660. The van der Waals surface area contributed by atoms with Crippen LogP contribution < -0.4 is 10.1 Å². The monoisotopic (exact) mass is 273 g/mol. The summed E-state index contributed by atoms with van der Waals surface area (Å²) in [5, 5.41) is 3.38. The van der Waals surface area contributed by atoms with E-state index < -0.39 is 0 Å². The number of para-hydroxylation sites is 1. The van der Waals surface area contributed by atoms with Gasteiger partial charge in [-0.3, -0.25) is 0 Å². The molecule has 2 aromatic rings. The molecule has 0 unspecified atom stereocenters. The number of aryl methyl sites for hydroxylation is 1. The lowest BCUT2D eigenvalue weighted by Gasteiger charge is -2.10. The summed E-state index contributed by atoms with van der Waals surface area (Å²) in [6.45, 7) is 3.56. The van der Waals surface area contributed by atoms with Crippen molar-refractivity contribution >= 4 is 17.4 Å². The minimum Gasteiger partial charge on any atom is -0.492 e. The predicted octanol–water partition coefficient (Wildman–Crippen LogP) is 4.21. The molecule has 2 rings (SSSR count). The largest absolute Gasteiger partial charge is 0.492 e. The van der Waals surface area contributed by atoms with Crippen LogP contribution >= 0.6 is 11.8 Å². The first-order valence-corrected chi connectivity index (χ1v) is 7.58. The number of benzene rings is 2. The van der Waals surface area contributed by atoms with E-state index in [1.807, 2.05) is 24.3 Å². The summed E-state index contributed by atoms with van der Waals surface area (Å²) in [5.41, 5.74) is 2.43. The van der Waals surface area contributed by atoms with E-state index in [9.17, 15) is 0 Å². The molecule has 0 bridgehead atoms. The molecule has 0 saturated carbocycles. The van der Waals surface area contributed by atoms with Gasteiger partial charge < -0.3 is 10.1 Å². The van der Waals surface area contributed by atoms with Gasteiger partial charge in [0.25, 0.3) is 0 Å². The number of hydrogen-bond donors (Lipinski definition) is 1. The maximum Gasteiger partial charge on any atom is 0.119 e. The molecule has 19 heavy (non-hydrogen) atoms. The van der Waals surface area contributed by atoms with Crippen LogP contribution in [0.15, 0.2) is 53.4 Å². The van der Waals surface area contributed by atoms with Gasteiger partial charge in [0, 0.05) is 17.1 Å². The molecule has 0 fully saturated rings. The molecule has 100 valence electrons. The maximum atomic E-state index is 5.70. The summed E-state index contributed by atoms with van der Waals surface area (Å²) in [6.07, 6.45) is 2.07. The Morgan fingerprint density at radius 3 is 2.47 bits per heavy atom. The molecule has 0 spiro atoms. The van der Waals surface area contributed by atoms with E-state index in [0.717, 1.165) is 12.3 Å². The summed E-state index contributed by atoms with van der Waals surface area (Å²) < 4.78 is 5.70. The molecule has 0 aromatic heterocycles. The zero-order valence-corrected chi connectivity index (χ0v) is 12.2. The highest BCUT2D eigenvalue weighted by Crippen LogP contribution is 2.19. The highest BCUT2D eigenvalue weighted by molar-refractivity contribution is 7.98. The van der Waals surface area contributed by atoms with E-state index in [2.05, 4.69) is 42.8 Å². The molecule has 0 aliphatic heterocycles. The lowest BCUT2D eigenvalue weighted by Crippen LogP contribution is -2.12. The molecule has 0 aliphatic carbocycles. The topological polar surface area (TPSA) is 21.3 Å². The lowest BCUT2D eigenvalue weighted by molar-refractivity contribution is 0.332. The van der Waals surface area contributed by atoms with Crippen LogP contribution in [0.4, 0.5) is 5.69 Å². The molecule has 0 amide bonds. The molecule has 1 N–H and O–H groups in total. The van der Waals surface area contributed by atoms with Crippen LogP contribution in [0.5, 0.6) is 5.75 Å². The summed E-state index contributed by atoms with van der Waals surface area (Å²) in [5.74, 6) is 0.921.